The number of carbonyl (C=O) groups is 1. The van der Waals surface area contributed by atoms with E-state index in [-0.39, 0.29) is 23.0 Å². The molecule has 3 rings (SSSR count). The van der Waals surface area contributed by atoms with Crippen LogP contribution in [0.4, 0.5) is 5.95 Å². The van der Waals surface area contributed by atoms with E-state index in [1.54, 1.807) is 18.2 Å². The van der Waals surface area contributed by atoms with Gasteiger partial charge in [-0.3, -0.25) is 4.79 Å². The smallest absolute Gasteiger partial charge is 0.220 e. The molecule has 0 amide bonds. The predicted molar refractivity (Wildman–Crippen MR) is 88.2 cm³/mol. The van der Waals surface area contributed by atoms with Crippen molar-refractivity contribution >= 4 is 11.7 Å². The number of aryl methyl sites for hydroxylation is 1. The molecule has 5 heteroatoms. The van der Waals surface area contributed by atoms with Crippen LogP contribution in [0.2, 0.25) is 0 Å². The minimum absolute atomic E-state index is 0.0640. The van der Waals surface area contributed by atoms with E-state index in [9.17, 15) is 9.90 Å². The number of phenolic OH excluding ortho intramolecular Hbond substituents is 1. The SMILES string of the molecule is Cc1ccc(C(=O)c2cnc(N)nc2-c2ccccc2)c(O)c1. The van der Waals surface area contributed by atoms with Crippen LogP contribution in [0.25, 0.3) is 11.3 Å². The topological polar surface area (TPSA) is 89.1 Å². The number of carbonyl (C=O) groups excluding carboxylic acids is 1. The molecule has 0 radical (unpaired) electrons. The maximum atomic E-state index is 12.8. The highest BCUT2D eigenvalue weighted by Crippen LogP contribution is 2.27. The molecule has 3 aromatic rings. The van der Waals surface area contributed by atoms with Crippen LogP contribution in [0.15, 0.2) is 54.7 Å². The molecule has 0 fully saturated rings. The second-order valence-corrected chi connectivity index (χ2v) is 5.21. The number of hydrogen-bond acceptors (Lipinski definition) is 5. The Morgan fingerprint density at radius 1 is 1.09 bits per heavy atom. The van der Waals surface area contributed by atoms with Gasteiger partial charge >= 0.3 is 0 Å². The highest BCUT2D eigenvalue weighted by molar-refractivity contribution is 6.13. The number of benzene rings is 2. The van der Waals surface area contributed by atoms with Crippen LogP contribution < -0.4 is 5.73 Å². The van der Waals surface area contributed by atoms with Gasteiger partial charge in [-0.25, -0.2) is 9.97 Å². The summed E-state index contributed by atoms with van der Waals surface area (Å²) in [5, 5.41) is 10.1. The lowest BCUT2D eigenvalue weighted by Gasteiger charge is -2.10. The number of nitrogen functional groups attached to an aromatic ring is 1. The minimum Gasteiger partial charge on any atom is -0.507 e. The molecule has 0 spiro atoms. The summed E-state index contributed by atoms with van der Waals surface area (Å²) in [6, 6.07) is 14.2. The second-order valence-electron chi connectivity index (χ2n) is 5.21. The first kappa shape index (κ1) is 14.7. The highest BCUT2D eigenvalue weighted by Gasteiger charge is 2.20. The Bertz CT molecular complexity index is 877. The lowest BCUT2D eigenvalue weighted by Crippen LogP contribution is -2.08. The number of rotatable bonds is 3. The van der Waals surface area contributed by atoms with E-state index in [0.29, 0.717) is 11.3 Å². The fourth-order valence-electron chi connectivity index (χ4n) is 2.36. The normalized spacial score (nSPS) is 10.5. The first-order valence-corrected chi connectivity index (χ1v) is 7.08. The number of aromatic nitrogens is 2. The Morgan fingerprint density at radius 3 is 2.52 bits per heavy atom. The van der Waals surface area contributed by atoms with Crippen LogP contribution in [-0.2, 0) is 0 Å². The lowest BCUT2D eigenvalue weighted by atomic mass is 9.98. The summed E-state index contributed by atoms with van der Waals surface area (Å²) in [7, 11) is 0. The molecule has 0 aliphatic heterocycles. The summed E-state index contributed by atoms with van der Waals surface area (Å²) in [4.78, 5) is 20.9. The van der Waals surface area contributed by atoms with Gasteiger partial charge in [0.15, 0.2) is 5.78 Å². The number of anilines is 1. The van der Waals surface area contributed by atoms with E-state index < -0.39 is 0 Å². The maximum Gasteiger partial charge on any atom is 0.220 e. The first-order valence-electron chi connectivity index (χ1n) is 7.08. The lowest BCUT2D eigenvalue weighted by molar-refractivity contribution is 0.103. The number of hydrogen-bond donors (Lipinski definition) is 2. The molecule has 3 N–H and O–H groups in total. The van der Waals surface area contributed by atoms with Crippen molar-refractivity contribution in [1.29, 1.82) is 0 Å². The average Bonchev–Trinajstić information content (AvgIpc) is 2.55. The number of ketones is 1. The van der Waals surface area contributed by atoms with E-state index in [1.807, 2.05) is 37.3 Å². The molecule has 1 aromatic heterocycles. The fraction of sp³-hybridized carbons (Fsp3) is 0.0556. The number of phenols is 1. The fourth-order valence-corrected chi connectivity index (χ4v) is 2.36. The summed E-state index contributed by atoms with van der Waals surface area (Å²) in [5.74, 6) is -0.319. The molecule has 0 saturated heterocycles. The number of nitrogens with zero attached hydrogens (tertiary/aromatic N) is 2. The number of nitrogens with two attached hydrogens (primary N) is 1. The molecule has 0 aliphatic rings. The summed E-state index contributed by atoms with van der Waals surface area (Å²) >= 11 is 0. The van der Waals surface area contributed by atoms with Gasteiger partial charge in [0, 0.05) is 11.8 Å². The molecule has 0 saturated carbocycles. The van der Waals surface area contributed by atoms with Crippen molar-refractivity contribution in [1.82, 2.24) is 9.97 Å². The first-order chi connectivity index (χ1) is 11.1. The molecule has 0 bridgehead atoms. The molecular formula is C18H15N3O2. The monoisotopic (exact) mass is 305 g/mol. The third-order valence-electron chi connectivity index (χ3n) is 3.50. The molecule has 5 nitrogen and oxygen atoms in total. The Labute approximate surface area is 133 Å². The zero-order chi connectivity index (χ0) is 16.4. The Hall–Kier alpha value is -3.21. The van der Waals surface area contributed by atoms with Gasteiger partial charge in [0.25, 0.3) is 0 Å². The van der Waals surface area contributed by atoms with Crippen molar-refractivity contribution in [2.45, 2.75) is 6.92 Å². The van der Waals surface area contributed by atoms with E-state index >= 15 is 0 Å². The van der Waals surface area contributed by atoms with Crippen LogP contribution in [0, 0.1) is 6.92 Å². The molecule has 23 heavy (non-hydrogen) atoms. The average molecular weight is 305 g/mol. The van der Waals surface area contributed by atoms with Gasteiger partial charge in [0.05, 0.1) is 16.8 Å². The molecule has 0 unspecified atom stereocenters. The Morgan fingerprint density at radius 2 is 1.83 bits per heavy atom. The summed E-state index contributed by atoms with van der Waals surface area (Å²) in [5.41, 5.74) is 8.25. The van der Waals surface area contributed by atoms with E-state index in [4.69, 9.17) is 5.73 Å². The van der Waals surface area contributed by atoms with Gasteiger partial charge < -0.3 is 10.8 Å². The summed E-state index contributed by atoms with van der Waals surface area (Å²) < 4.78 is 0. The number of aromatic hydroxyl groups is 1. The maximum absolute atomic E-state index is 12.8. The highest BCUT2D eigenvalue weighted by atomic mass is 16.3. The van der Waals surface area contributed by atoms with Crippen molar-refractivity contribution in [3.63, 3.8) is 0 Å². The van der Waals surface area contributed by atoms with Gasteiger partial charge in [-0.05, 0) is 24.6 Å². The van der Waals surface area contributed by atoms with Gasteiger partial charge in [-0.15, -0.1) is 0 Å². The van der Waals surface area contributed by atoms with Gasteiger partial charge in [0.2, 0.25) is 5.95 Å². The zero-order valence-corrected chi connectivity index (χ0v) is 12.5. The zero-order valence-electron chi connectivity index (χ0n) is 12.5. The van der Waals surface area contributed by atoms with Gasteiger partial charge in [-0.2, -0.15) is 0 Å². The second kappa shape index (κ2) is 5.88. The van der Waals surface area contributed by atoms with Crippen LogP contribution in [-0.4, -0.2) is 20.9 Å². The Balaban J connectivity index is 2.15. The minimum atomic E-state index is -0.346. The molecule has 2 aromatic carbocycles. The molecule has 0 atom stereocenters. The van der Waals surface area contributed by atoms with Crippen molar-refractivity contribution in [2.75, 3.05) is 5.73 Å². The summed E-state index contributed by atoms with van der Waals surface area (Å²) in [6.07, 6.45) is 1.40. The quantitative estimate of drug-likeness (QED) is 0.726. The third kappa shape index (κ3) is 2.89. The van der Waals surface area contributed by atoms with Crippen LogP contribution in [0.5, 0.6) is 5.75 Å². The van der Waals surface area contributed by atoms with Crippen LogP contribution in [0.3, 0.4) is 0 Å². The Kier molecular flexibility index (Phi) is 3.76. The molecule has 1 heterocycles. The van der Waals surface area contributed by atoms with E-state index in [2.05, 4.69) is 9.97 Å². The van der Waals surface area contributed by atoms with E-state index in [0.717, 1.165) is 11.1 Å². The van der Waals surface area contributed by atoms with Crippen molar-refractivity contribution in [2.24, 2.45) is 0 Å². The third-order valence-corrected chi connectivity index (χ3v) is 3.50. The van der Waals surface area contributed by atoms with Crippen molar-refractivity contribution in [3.05, 3.63) is 71.4 Å². The predicted octanol–water partition coefficient (Wildman–Crippen LogP) is 2.97. The van der Waals surface area contributed by atoms with E-state index in [1.165, 1.54) is 6.20 Å². The largest absolute Gasteiger partial charge is 0.507 e. The van der Waals surface area contributed by atoms with Gasteiger partial charge in [0.1, 0.15) is 5.75 Å². The molecule has 114 valence electrons. The van der Waals surface area contributed by atoms with Crippen molar-refractivity contribution < 1.29 is 9.90 Å². The standard InChI is InChI=1S/C18H15N3O2/c1-11-7-8-13(15(22)9-11)17(23)14-10-20-18(19)21-16(14)12-5-3-2-4-6-12/h2-10,22H,1H3,(H2,19,20,21). The summed E-state index contributed by atoms with van der Waals surface area (Å²) in [6.45, 7) is 1.84. The van der Waals surface area contributed by atoms with Gasteiger partial charge in [-0.1, -0.05) is 36.4 Å². The van der Waals surface area contributed by atoms with Crippen LogP contribution >= 0.6 is 0 Å². The van der Waals surface area contributed by atoms with Crippen molar-refractivity contribution in [3.8, 4) is 17.0 Å². The molecular weight excluding hydrogens is 290 g/mol. The molecule has 0 aliphatic carbocycles. The van der Waals surface area contributed by atoms with Crippen LogP contribution in [0.1, 0.15) is 21.5 Å².